The van der Waals surface area contributed by atoms with Gasteiger partial charge < -0.3 is 29.3 Å². The lowest BCUT2D eigenvalue weighted by Crippen LogP contribution is -2.49. The number of likely N-dealkylation sites (N-methyl/N-ethyl adjacent to an activating group) is 1. The Balaban J connectivity index is 1.03. The van der Waals surface area contributed by atoms with Gasteiger partial charge in [0.25, 0.3) is 5.91 Å². The van der Waals surface area contributed by atoms with Crippen molar-refractivity contribution in [2.24, 2.45) is 0 Å². The van der Waals surface area contributed by atoms with Crippen molar-refractivity contribution in [3.05, 3.63) is 53.6 Å². The average molecular weight is 495 g/mol. The summed E-state index contributed by atoms with van der Waals surface area (Å²) in [7, 11) is 2.08. The molecule has 192 valence electrons. The molecule has 2 fully saturated rings. The van der Waals surface area contributed by atoms with Crippen LogP contribution in [0.2, 0.25) is 0 Å². The minimum atomic E-state index is 0.0290. The van der Waals surface area contributed by atoms with Crippen molar-refractivity contribution in [1.82, 2.24) is 20.0 Å². The number of amides is 2. The maximum absolute atomic E-state index is 12.9. The third-order valence-corrected chi connectivity index (χ3v) is 6.92. The molecule has 3 aliphatic heterocycles. The van der Waals surface area contributed by atoms with Gasteiger partial charge in [-0.3, -0.25) is 14.5 Å². The zero-order valence-electron chi connectivity index (χ0n) is 20.8. The predicted octanol–water partition coefficient (Wildman–Crippen LogP) is 1.96. The molecule has 36 heavy (non-hydrogen) atoms. The van der Waals surface area contributed by atoms with Gasteiger partial charge >= 0.3 is 0 Å². The molecule has 0 bridgehead atoms. The summed E-state index contributed by atoms with van der Waals surface area (Å²) in [6, 6.07) is 13.8. The first-order valence-corrected chi connectivity index (χ1v) is 12.6. The molecular formula is C27H34N4O5. The number of nitrogens with one attached hydrogen (secondary N) is 1. The van der Waals surface area contributed by atoms with Gasteiger partial charge in [0.2, 0.25) is 12.7 Å². The van der Waals surface area contributed by atoms with Crippen LogP contribution < -0.4 is 19.5 Å². The standard InChI is InChI=1S/C27H34N4O5/c1-29(18-22-6-8-26(32)28-22)17-20-3-2-4-23(15-20)34-14-13-30-9-11-31(12-10-30)27(33)21-5-7-24-25(16-21)36-19-35-24/h2-5,7,15-16,22H,6,8-14,17-19H2,1H3,(H,28,32). The SMILES string of the molecule is CN(Cc1cccc(OCCN2CCN(C(=O)c3ccc4c(c3)OCO4)CC2)c1)CC1CCC(=O)N1. The fraction of sp³-hybridized carbons (Fsp3) is 0.481. The lowest BCUT2D eigenvalue weighted by atomic mass is 10.1. The number of carbonyl (C=O) groups excluding carboxylic acids is 2. The van der Waals surface area contributed by atoms with Crippen molar-refractivity contribution in [1.29, 1.82) is 0 Å². The minimum absolute atomic E-state index is 0.0290. The molecule has 0 saturated carbocycles. The Bertz CT molecular complexity index is 1090. The molecule has 0 aromatic heterocycles. The average Bonchev–Trinajstić information content (AvgIpc) is 3.52. The predicted molar refractivity (Wildman–Crippen MR) is 134 cm³/mol. The molecule has 5 rings (SSSR count). The second kappa shape index (κ2) is 11.2. The van der Waals surface area contributed by atoms with Crippen molar-refractivity contribution in [3.63, 3.8) is 0 Å². The van der Waals surface area contributed by atoms with E-state index in [1.165, 1.54) is 5.56 Å². The number of hydrogen-bond donors (Lipinski definition) is 1. The van der Waals surface area contributed by atoms with E-state index in [2.05, 4.69) is 34.3 Å². The van der Waals surface area contributed by atoms with Crippen LogP contribution in [-0.2, 0) is 11.3 Å². The highest BCUT2D eigenvalue weighted by Crippen LogP contribution is 2.32. The van der Waals surface area contributed by atoms with Crippen molar-refractivity contribution in [2.45, 2.75) is 25.4 Å². The number of carbonyl (C=O) groups is 2. The topological polar surface area (TPSA) is 83.6 Å². The lowest BCUT2D eigenvalue weighted by molar-refractivity contribution is -0.119. The molecule has 1 unspecified atom stereocenters. The van der Waals surface area contributed by atoms with Crippen LogP contribution in [0.3, 0.4) is 0 Å². The molecular weight excluding hydrogens is 460 g/mol. The first-order chi connectivity index (χ1) is 17.5. The lowest BCUT2D eigenvalue weighted by Gasteiger charge is -2.34. The van der Waals surface area contributed by atoms with Gasteiger partial charge in [0.15, 0.2) is 11.5 Å². The summed E-state index contributed by atoms with van der Waals surface area (Å²) in [6.07, 6.45) is 1.54. The van der Waals surface area contributed by atoms with Crippen LogP contribution >= 0.6 is 0 Å². The van der Waals surface area contributed by atoms with Crippen molar-refractivity contribution < 1.29 is 23.8 Å². The molecule has 2 aromatic rings. The van der Waals surface area contributed by atoms with Crippen LogP contribution in [0.1, 0.15) is 28.8 Å². The summed E-state index contributed by atoms with van der Waals surface area (Å²) in [6.45, 7) is 6.30. The van der Waals surface area contributed by atoms with E-state index >= 15 is 0 Å². The van der Waals surface area contributed by atoms with Gasteiger partial charge in [-0.05, 0) is 49.4 Å². The number of ether oxygens (including phenoxy) is 3. The van der Waals surface area contributed by atoms with Gasteiger partial charge in [-0.25, -0.2) is 0 Å². The van der Waals surface area contributed by atoms with E-state index in [0.29, 0.717) is 43.2 Å². The third-order valence-electron chi connectivity index (χ3n) is 6.92. The molecule has 3 aliphatic rings. The number of fused-ring (bicyclic) bond motifs is 1. The Labute approximate surface area is 211 Å². The number of hydrogen-bond acceptors (Lipinski definition) is 7. The van der Waals surface area contributed by atoms with E-state index in [-0.39, 0.29) is 24.6 Å². The van der Waals surface area contributed by atoms with E-state index in [0.717, 1.165) is 44.9 Å². The summed E-state index contributed by atoms with van der Waals surface area (Å²) in [5, 5.41) is 3.03. The first kappa shape index (κ1) is 24.4. The molecule has 2 amide bonds. The van der Waals surface area contributed by atoms with E-state index in [9.17, 15) is 9.59 Å². The monoisotopic (exact) mass is 494 g/mol. The van der Waals surface area contributed by atoms with Crippen LogP contribution in [0.25, 0.3) is 0 Å². The summed E-state index contributed by atoms with van der Waals surface area (Å²) in [5.74, 6) is 2.37. The van der Waals surface area contributed by atoms with Crippen molar-refractivity contribution >= 4 is 11.8 Å². The van der Waals surface area contributed by atoms with Gasteiger partial charge in [0.1, 0.15) is 12.4 Å². The first-order valence-electron chi connectivity index (χ1n) is 12.6. The van der Waals surface area contributed by atoms with Crippen molar-refractivity contribution in [2.75, 3.05) is 59.7 Å². The normalized spacial score (nSPS) is 19.6. The number of benzene rings is 2. The zero-order chi connectivity index (χ0) is 24.9. The van der Waals surface area contributed by atoms with E-state index < -0.39 is 0 Å². The van der Waals surface area contributed by atoms with Gasteiger partial charge in [-0.2, -0.15) is 0 Å². The summed E-state index contributed by atoms with van der Waals surface area (Å²) < 4.78 is 16.8. The minimum Gasteiger partial charge on any atom is -0.492 e. The molecule has 1 atom stereocenters. The summed E-state index contributed by atoms with van der Waals surface area (Å²) >= 11 is 0. The number of piperazine rings is 1. The maximum atomic E-state index is 12.9. The van der Waals surface area contributed by atoms with Crippen LogP contribution in [-0.4, -0.2) is 92.3 Å². The van der Waals surface area contributed by atoms with Crippen LogP contribution in [0.5, 0.6) is 17.2 Å². The Morgan fingerprint density at radius 3 is 2.75 bits per heavy atom. The van der Waals surface area contributed by atoms with Gasteiger partial charge in [0, 0.05) is 63.8 Å². The molecule has 0 spiro atoms. The maximum Gasteiger partial charge on any atom is 0.254 e. The highest BCUT2D eigenvalue weighted by molar-refractivity contribution is 5.95. The zero-order valence-corrected chi connectivity index (χ0v) is 20.8. The fourth-order valence-electron chi connectivity index (χ4n) is 4.98. The van der Waals surface area contributed by atoms with Crippen LogP contribution in [0.4, 0.5) is 0 Å². The number of rotatable bonds is 9. The smallest absolute Gasteiger partial charge is 0.254 e. The molecule has 0 radical (unpaired) electrons. The molecule has 9 nitrogen and oxygen atoms in total. The van der Waals surface area contributed by atoms with E-state index in [4.69, 9.17) is 14.2 Å². The van der Waals surface area contributed by atoms with Gasteiger partial charge in [-0.15, -0.1) is 0 Å². The molecule has 9 heteroatoms. The Hall–Kier alpha value is -3.30. The van der Waals surface area contributed by atoms with E-state index in [1.54, 1.807) is 18.2 Å². The van der Waals surface area contributed by atoms with E-state index in [1.807, 2.05) is 17.0 Å². The van der Waals surface area contributed by atoms with Crippen LogP contribution in [0, 0.1) is 0 Å². The molecule has 1 N–H and O–H groups in total. The quantitative estimate of drug-likeness (QED) is 0.571. The molecule has 2 saturated heterocycles. The van der Waals surface area contributed by atoms with Crippen molar-refractivity contribution in [3.8, 4) is 17.2 Å². The highest BCUT2D eigenvalue weighted by atomic mass is 16.7. The molecule has 0 aliphatic carbocycles. The largest absolute Gasteiger partial charge is 0.492 e. The fourth-order valence-corrected chi connectivity index (χ4v) is 4.98. The third kappa shape index (κ3) is 6.09. The summed E-state index contributed by atoms with van der Waals surface area (Å²) in [5.41, 5.74) is 1.82. The second-order valence-corrected chi connectivity index (χ2v) is 9.70. The highest BCUT2D eigenvalue weighted by Gasteiger charge is 2.24. The van der Waals surface area contributed by atoms with Crippen LogP contribution in [0.15, 0.2) is 42.5 Å². The Morgan fingerprint density at radius 1 is 1.11 bits per heavy atom. The Morgan fingerprint density at radius 2 is 1.94 bits per heavy atom. The second-order valence-electron chi connectivity index (χ2n) is 9.70. The molecule has 3 heterocycles. The summed E-state index contributed by atoms with van der Waals surface area (Å²) in [4.78, 5) is 30.8. The van der Waals surface area contributed by atoms with Gasteiger partial charge in [0.05, 0.1) is 0 Å². The van der Waals surface area contributed by atoms with Gasteiger partial charge in [-0.1, -0.05) is 12.1 Å². The Kier molecular flexibility index (Phi) is 7.58. The molecule has 2 aromatic carbocycles. The number of nitrogens with zero attached hydrogens (tertiary/aromatic N) is 3.